The molecule has 0 bridgehead atoms. The van der Waals surface area contributed by atoms with Crippen molar-refractivity contribution in [2.45, 2.75) is 0 Å². The summed E-state index contributed by atoms with van der Waals surface area (Å²) in [7, 11) is 1.74. The van der Waals surface area contributed by atoms with Crippen molar-refractivity contribution in [3.05, 3.63) is 35.0 Å². The van der Waals surface area contributed by atoms with E-state index in [9.17, 15) is 4.79 Å². The number of carbonyl (C=O) groups is 1. The molecule has 0 saturated carbocycles. The maximum atomic E-state index is 11.9. The highest BCUT2D eigenvalue weighted by atomic mass is 32.1. The Hall–Kier alpha value is -2.26. The summed E-state index contributed by atoms with van der Waals surface area (Å²) in [6.45, 7) is 0. The molecule has 2 rings (SSSR count). The topological polar surface area (TPSA) is 83.8 Å². The van der Waals surface area contributed by atoms with Gasteiger partial charge in [-0.05, 0) is 17.5 Å². The van der Waals surface area contributed by atoms with E-state index >= 15 is 0 Å². The predicted molar refractivity (Wildman–Crippen MR) is 66.8 cm³/mol. The summed E-state index contributed by atoms with van der Waals surface area (Å²) in [5.41, 5.74) is 7.05. The van der Waals surface area contributed by atoms with E-state index in [-0.39, 0.29) is 5.91 Å². The number of anilines is 2. The van der Waals surface area contributed by atoms with Gasteiger partial charge in [0.2, 0.25) is 0 Å². The van der Waals surface area contributed by atoms with Gasteiger partial charge >= 0.3 is 0 Å². The highest BCUT2D eigenvalue weighted by Gasteiger charge is 2.13. The molecule has 2 aromatic heterocycles. The van der Waals surface area contributed by atoms with Gasteiger partial charge in [-0.3, -0.25) is 4.79 Å². The van der Waals surface area contributed by atoms with E-state index < -0.39 is 0 Å². The van der Waals surface area contributed by atoms with Gasteiger partial charge in [0, 0.05) is 13.2 Å². The van der Waals surface area contributed by atoms with E-state index in [0.29, 0.717) is 21.9 Å². The lowest BCUT2D eigenvalue weighted by Crippen LogP contribution is -2.15. The van der Waals surface area contributed by atoms with Crippen molar-refractivity contribution in [2.24, 2.45) is 7.05 Å². The minimum Gasteiger partial charge on any atom is -0.397 e. The van der Waals surface area contributed by atoms with Gasteiger partial charge in [0.15, 0.2) is 0 Å². The molecule has 0 unspecified atom stereocenters. The van der Waals surface area contributed by atoms with E-state index in [4.69, 9.17) is 11.0 Å². The van der Waals surface area contributed by atoms with Crippen molar-refractivity contribution in [2.75, 3.05) is 11.1 Å². The summed E-state index contributed by atoms with van der Waals surface area (Å²) >= 11 is 1.31. The van der Waals surface area contributed by atoms with Gasteiger partial charge in [-0.15, -0.1) is 11.3 Å². The number of nitriles is 1. The summed E-state index contributed by atoms with van der Waals surface area (Å²) in [5.74, 6) is -0.275. The fourth-order valence-electron chi connectivity index (χ4n) is 1.48. The highest BCUT2D eigenvalue weighted by Crippen LogP contribution is 2.23. The monoisotopic (exact) mass is 246 g/mol. The predicted octanol–water partition coefficient (Wildman–Crippen LogP) is 1.79. The van der Waals surface area contributed by atoms with Gasteiger partial charge in [0.05, 0.1) is 11.3 Å². The molecule has 0 fully saturated rings. The largest absolute Gasteiger partial charge is 0.397 e. The van der Waals surface area contributed by atoms with Crippen molar-refractivity contribution < 1.29 is 4.79 Å². The third-order valence-corrected chi connectivity index (χ3v) is 3.10. The molecule has 0 spiro atoms. The molecule has 17 heavy (non-hydrogen) atoms. The van der Waals surface area contributed by atoms with Gasteiger partial charge in [-0.2, -0.15) is 5.26 Å². The molecule has 1 amide bonds. The Balaban J connectivity index is 2.24. The van der Waals surface area contributed by atoms with Crippen molar-refractivity contribution in [3.63, 3.8) is 0 Å². The number of thiophene rings is 1. The first-order valence-corrected chi connectivity index (χ1v) is 5.70. The SMILES string of the molecule is Cn1cc(N)cc1C(=O)Nc1sccc1C#N. The summed E-state index contributed by atoms with van der Waals surface area (Å²) in [4.78, 5) is 11.9. The van der Waals surface area contributed by atoms with Crippen LogP contribution in [0.5, 0.6) is 0 Å². The zero-order chi connectivity index (χ0) is 12.4. The first-order chi connectivity index (χ1) is 8.11. The molecule has 0 aliphatic heterocycles. The zero-order valence-electron chi connectivity index (χ0n) is 9.10. The van der Waals surface area contributed by atoms with E-state index in [1.54, 1.807) is 35.3 Å². The van der Waals surface area contributed by atoms with E-state index in [0.717, 1.165) is 0 Å². The van der Waals surface area contributed by atoms with Crippen molar-refractivity contribution in [3.8, 4) is 6.07 Å². The van der Waals surface area contributed by atoms with E-state index in [1.165, 1.54) is 11.3 Å². The molecule has 5 nitrogen and oxygen atoms in total. The third kappa shape index (κ3) is 2.14. The van der Waals surface area contributed by atoms with Crippen LogP contribution in [0.3, 0.4) is 0 Å². The van der Waals surface area contributed by atoms with Gasteiger partial charge in [-0.1, -0.05) is 0 Å². The summed E-state index contributed by atoms with van der Waals surface area (Å²) < 4.78 is 1.64. The average Bonchev–Trinajstić information content (AvgIpc) is 2.84. The van der Waals surface area contributed by atoms with Crippen LogP contribution in [0.25, 0.3) is 0 Å². The lowest BCUT2D eigenvalue weighted by molar-refractivity contribution is 0.101. The maximum absolute atomic E-state index is 11.9. The molecular weight excluding hydrogens is 236 g/mol. The Bertz CT molecular complexity index is 605. The van der Waals surface area contributed by atoms with Crippen molar-refractivity contribution in [1.29, 1.82) is 5.26 Å². The Morgan fingerprint density at radius 1 is 1.65 bits per heavy atom. The number of hydrogen-bond acceptors (Lipinski definition) is 4. The van der Waals surface area contributed by atoms with Gasteiger partial charge in [0.25, 0.3) is 5.91 Å². The number of nitrogens with two attached hydrogens (primary N) is 1. The second-order valence-corrected chi connectivity index (χ2v) is 4.42. The molecule has 0 aliphatic carbocycles. The molecule has 86 valence electrons. The van der Waals surface area contributed by atoms with Crippen LogP contribution in [0.1, 0.15) is 16.1 Å². The van der Waals surface area contributed by atoms with Crippen LogP contribution in [0.2, 0.25) is 0 Å². The number of aromatic nitrogens is 1. The average molecular weight is 246 g/mol. The molecule has 0 atom stereocenters. The van der Waals surface area contributed by atoms with Crippen LogP contribution in [0.15, 0.2) is 23.7 Å². The second kappa shape index (κ2) is 4.31. The zero-order valence-corrected chi connectivity index (χ0v) is 9.91. The standard InChI is InChI=1S/C11H10N4OS/c1-15-6-8(13)4-9(15)10(16)14-11-7(5-12)2-3-17-11/h2-4,6H,13H2,1H3,(H,14,16). The number of nitrogens with zero attached hydrogens (tertiary/aromatic N) is 2. The smallest absolute Gasteiger partial charge is 0.272 e. The van der Waals surface area contributed by atoms with Gasteiger partial charge in [-0.25, -0.2) is 0 Å². The molecule has 0 aromatic carbocycles. The van der Waals surface area contributed by atoms with Crippen molar-refractivity contribution in [1.82, 2.24) is 4.57 Å². The van der Waals surface area contributed by atoms with Gasteiger partial charge < -0.3 is 15.6 Å². The fraction of sp³-hybridized carbons (Fsp3) is 0.0909. The normalized spacial score (nSPS) is 9.88. The van der Waals surface area contributed by atoms with Crippen LogP contribution in [0.4, 0.5) is 10.7 Å². The van der Waals surface area contributed by atoms with E-state index in [1.807, 2.05) is 6.07 Å². The van der Waals surface area contributed by atoms with Crippen molar-refractivity contribution >= 4 is 27.9 Å². The first kappa shape index (κ1) is 11.2. The lowest BCUT2D eigenvalue weighted by atomic mass is 10.3. The lowest BCUT2D eigenvalue weighted by Gasteiger charge is -2.03. The second-order valence-electron chi connectivity index (χ2n) is 3.50. The quantitative estimate of drug-likeness (QED) is 0.847. The highest BCUT2D eigenvalue weighted by molar-refractivity contribution is 7.14. The summed E-state index contributed by atoms with van der Waals surface area (Å²) in [6, 6.07) is 5.27. The van der Waals surface area contributed by atoms with E-state index in [2.05, 4.69) is 5.32 Å². The fourth-order valence-corrected chi connectivity index (χ4v) is 2.21. The van der Waals surface area contributed by atoms with Gasteiger partial charge in [0.1, 0.15) is 16.8 Å². The summed E-state index contributed by atoms with van der Waals surface area (Å²) in [5, 5.41) is 13.8. The molecule has 2 aromatic rings. The molecule has 0 aliphatic rings. The number of aryl methyl sites for hydroxylation is 1. The van der Waals surface area contributed by atoms with Crippen LogP contribution >= 0.6 is 11.3 Å². The third-order valence-electron chi connectivity index (χ3n) is 2.27. The number of nitrogens with one attached hydrogen (secondary N) is 1. The number of hydrogen-bond donors (Lipinski definition) is 2. The minimum absolute atomic E-state index is 0.275. The number of amides is 1. The van der Waals surface area contributed by atoms with Crippen LogP contribution in [-0.4, -0.2) is 10.5 Å². The molecule has 6 heteroatoms. The molecule has 0 radical (unpaired) electrons. The summed E-state index contributed by atoms with van der Waals surface area (Å²) in [6.07, 6.45) is 1.66. The molecular formula is C11H10N4OS. The molecule has 0 saturated heterocycles. The Morgan fingerprint density at radius 3 is 3.00 bits per heavy atom. The maximum Gasteiger partial charge on any atom is 0.272 e. The number of carbonyl (C=O) groups excluding carboxylic acids is 1. The Morgan fingerprint density at radius 2 is 2.41 bits per heavy atom. The Labute approximate surface area is 102 Å². The molecule has 2 heterocycles. The number of rotatable bonds is 2. The number of nitrogen functional groups attached to an aromatic ring is 1. The Kier molecular flexibility index (Phi) is 2.85. The van der Waals surface area contributed by atoms with Crippen LogP contribution in [-0.2, 0) is 7.05 Å². The first-order valence-electron chi connectivity index (χ1n) is 4.82. The minimum atomic E-state index is -0.275. The van der Waals surface area contributed by atoms with Crippen LogP contribution < -0.4 is 11.1 Å². The molecule has 3 N–H and O–H groups in total. The van der Waals surface area contributed by atoms with Crippen LogP contribution in [0, 0.1) is 11.3 Å².